The van der Waals surface area contributed by atoms with Gasteiger partial charge < -0.3 is 9.47 Å². The molecule has 0 aliphatic heterocycles. The minimum atomic E-state index is -0.485. The molecule has 1 atom stereocenters. The monoisotopic (exact) mass is 371 g/mol. The summed E-state index contributed by atoms with van der Waals surface area (Å²) in [5.74, 6) is 1.56. The first-order valence-corrected chi connectivity index (χ1v) is 9.14. The SMILES string of the molecule is COc1ccc(Oc2ncnc3sc4c(c23)CC[C@H](C)C4)c([N+](=O)[O-])c1. The van der Waals surface area contributed by atoms with Crippen LogP contribution in [0, 0.1) is 16.0 Å². The molecule has 2 heterocycles. The average molecular weight is 371 g/mol. The van der Waals surface area contributed by atoms with E-state index in [1.54, 1.807) is 17.4 Å². The van der Waals surface area contributed by atoms with Gasteiger partial charge in [-0.2, -0.15) is 0 Å². The van der Waals surface area contributed by atoms with Crippen molar-refractivity contribution in [2.75, 3.05) is 7.11 Å². The van der Waals surface area contributed by atoms with E-state index in [4.69, 9.17) is 9.47 Å². The molecule has 4 rings (SSSR count). The zero-order chi connectivity index (χ0) is 18.3. The van der Waals surface area contributed by atoms with Gasteiger partial charge in [0.05, 0.1) is 23.5 Å². The van der Waals surface area contributed by atoms with Gasteiger partial charge in [0.15, 0.2) is 0 Å². The molecule has 0 unspecified atom stereocenters. The maximum Gasteiger partial charge on any atom is 0.315 e. The summed E-state index contributed by atoms with van der Waals surface area (Å²) < 4.78 is 11.0. The van der Waals surface area contributed by atoms with Gasteiger partial charge in [-0.05, 0) is 42.9 Å². The van der Waals surface area contributed by atoms with Crippen LogP contribution in [0.4, 0.5) is 5.69 Å². The van der Waals surface area contributed by atoms with Crippen molar-refractivity contribution in [3.05, 3.63) is 45.1 Å². The molecule has 0 bridgehead atoms. The maximum atomic E-state index is 11.4. The number of fused-ring (bicyclic) bond motifs is 3. The third-order valence-electron chi connectivity index (χ3n) is 4.63. The fraction of sp³-hybridized carbons (Fsp3) is 0.333. The number of ether oxygens (including phenoxy) is 2. The van der Waals surface area contributed by atoms with Gasteiger partial charge in [-0.1, -0.05) is 6.92 Å². The Hall–Kier alpha value is -2.74. The van der Waals surface area contributed by atoms with Gasteiger partial charge in [0.2, 0.25) is 11.6 Å². The molecule has 0 spiro atoms. The van der Waals surface area contributed by atoms with Gasteiger partial charge in [0.25, 0.3) is 0 Å². The predicted octanol–water partition coefficient (Wildman–Crippen LogP) is 4.53. The predicted molar refractivity (Wildman–Crippen MR) is 98.3 cm³/mol. The van der Waals surface area contributed by atoms with E-state index in [0.29, 0.717) is 17.5 Å². The number of benzene rings is 1. The summed E-state index contributed by atoms with van der Waals surface area (Å²) in [5, 5.41) is 12.3. The van der Waals surface area contributed by atoms with Gasteiger partial charge in [-0.15, -0.1) is 11.3 Å². The average Bonchev–Trinajstić information content (AvgIpc) is 3.00. The fourth-order valence-corrected chi connectivity index (χ4v) is 4.62. The second kappa shape index (κ2) is 6.53. The van der Waals surface area contributed by atoms with E-state index in [9.17, 15) is 10.1 Å². The number of hydrogen-bond donors (Lipinski definition) is 0. The molecule has 3 aromatic rings. The van der Waals surface area contributed by atoms with E-state index in [-0.39, 0.29) is 11.4 Å². The Balaban J connectivity index is 1.80. The fourth-order valence-electron chi connectivity index (χ4n) is 3.28. The van der Waals surface area contributed by atoms with Crippen molar-refractivity contribution in [3.63, 3.8) is 0 Å². The Morgan fingerprint density at radius 2 is 2.19 bits per heavy atom. The first-order chi connectivity index (χ1) is 12.6. The molecule has 0 radical (unpaired) electrons. The smallest absolute Gasteiger partial charge is 0.315 e. The zero-order valence-electron chi connectivity index (χ0n) is 14.4. The van der Waals surface area contributed by atoms with E-state index in [0.717, 1.165) is 29.5 Å². The van der Waals surface area contributed by atoms with Gasteiger partial charge in [-0.25, -0.2) is 9.97 Å². The van der Waals surface area contributed by atoms with Gasteiger partial charge in [0.1, 0.15) is 16.9 Å². The van der Waals surface area contributed by atoms with Crippen LogP contribution in [-0.4, -0.2) is 22.0 Å². The van der Waals surface area contributed by atoms with Crippen molar-refractivity contribution < 1.29 is 14.4 Å². The summed E-state index contributed by atoms with van der Waals surface area (Å²) in [6.45, 7) is 2.25. The second-order valence-electron chi connectivity index (χ2n) is 6.40. The summed E-state index contributed by atoms with van der Waals surface area (Å²) in [7, 11) is 1.46. The van der Waals surface area contributed by atoms with Crippen LogP contribution in [0.2, 0.25) is 0 Å². The van der Waals surface area contributed by atoms with Crippen molar-refractivity contribution in [3.8, 4) is 17.4 Å². The molecule has 0 amide bonds. The highest BCUT2D eigenvalue weighted by molar-refractivity contribution is 7.18. The van der Waals surface area contributed by atoms with Crippen LogP contribution in [0.1, 0.15) is 23.8 Å². The van der Waals surface area contributed by atoms with Crippen LogP contribution in [0.3, 0.4) is 0 Å². The number of hydrogen-bond acceptors (Lipinski definition) is 7. The third-order valence-corrected chi connectivity index (χ3v) is 5.79. The van der Waals surface area contributed by atoms with Crippen LogP contribution < -0.4 is 9.47 Å². The molecular weight excluding hydrogens is 354 g/mol. The van der Waals surface area contributed by atoms with Crippen LogP contribution in [-0.2, 0) is 12.8 Å². The van der Waals surface area contributed by atoms with Crippen molar-refractivity contribution >= 4 is 27.2 Å². The largest absolute Gasteiger partial charge is 0.496 e. The minimum Gasteiger partial charge on any atom is -0.496 e. The molecule has 1 aliphatic carbocycles. The molecular formula is C18H17N3O4S. The highest BCUT2D eigenvalue weighted by atomic mass is 32.1. The van der Waals surface area contributed by atoms with Crippen LogP contribution >= 0.6 is 11.3 Å². The molecule has 26 heavy (non-hydrogen) atoms. The lowest BCUT2D eigenvalue weighted by molar-refractivity contribution is -0.385. The van der Waals surface area contributed by atoms with Gasteiger partial charge >= 0.3 is 5.69 Å². The van der Waals surface area contributed by atoms with E-state index in [2.05, 4.69) is 16.9 Å². The topological polar surface area (TPSA) is 87.4 Å². The second-order valence-corrected chi connectivity index (χ2v) is 7.49. The number of rotatable bonds is 4. The summed E-state index contributed by atoms with van der Waals surface area (Å²) in [4.78, 5) is 21.7. The zero-order valence-corrected chi connectivity index (χ0v) is 15.2. The standard InChI is InChI=1S/C18H17N3O4S/c1-10-3-5-12-15(7-10)26-18-16(12)17(19-9-20-18)25-14-6-4-11(24-2)8-13(14)21(22)23/h4,6,8-10H,3,5,7H2,1-2H3/t10-/m0/s1. The van der Waals surface area contributed by atoms with E-state index in [1.807, 2.05) is 0 Å². The Morgan fingerprint density at radius 3 is 2.96 bits per heavy atom. The number of nitrogens with zero attached hydrogens (tertiary/aromatic N) is 3. The lowest BCUT2D eigenvalue weighted by Crippen LogP contribution is -2.08. The number of nitro benzene ring substituents is 1. The molecule has 8 heteroatoms. The molecule has 0 fully saturated rings. The highest BCUT2D eigenvalue weighted by Crippen LogP contribution is 2.42. The van der Waals surface area contributed by atoms with E-state index < -0.39 is 4.92 Å². The molecule has 0 saturated carbocycles. The number of aromatic nitrogens is 2. The third kappa shape index (κ3) is 2.86. The Kier molecular flexibility index (Phi) is 4.20. The summed E-state index contributed by atoms with van der Waals surface area (Å²) in [6.07, 6.45) is 4.53. The van der Waals surface area contributed by atoms with Crippen molar-refractivity contribution in [2.24, 2.45) is 5.92 Å². The molecule has 0 saturated heterocycles. The number of nitro groups is 1. The minimum absolute atomic E-state index is 0.139. The van der Waals surface area contributed by atoms with Gasteiger partial charge in [-0.3, -0.25) is 10.1 Å². The lowest BCUT2D eigenvalue weighted by Gasteiger charge is -2.18. The van der Waals surface area contributed by atoms with Gasteiger partial charge in [0, 0.05) is 4.88 Å². The molecule has 134 valence electrons. The molecule has 1 aliphatic rings. The molecule has 7 nitrogen and oxygen atoms in total. The summed E-state index contributed by atoms with van der Waals surface area (Å²) in [5.41, 5.74) is 1.06. The number of methoxy groups -OCH3 is 1. The number of thiophene rings is 1. The maximum absolute atomic E-state index is 11.4. The van der Waals surface area contributed by atoms with E-state index >= 15 is 0 Å². The van der Waals surface area contributed by atoms with Crippen molar-refractivity contribution in [2.45, 2.75) is 26.2 Å². The normalized spacial score (nSPS) is 16.3. The summed E-state index contributed by atoms with van der Waals surface area (Å²) in [6, 6.07) is 4.51. The Bertz CT molecular complexity index is 1000. The van der Waals surface area contributed by atoms with Crippen molar-refractivity contribution in [1.82, 2.24) is 9.97 Å². The molecule has 0 N–H and O–H groups in total. The molecule has 2 aromatic heterocycles. The first-order valence-electron chi connectivity index (χ1n) is 8.32. The van der Waals surface area contributed by atoms with Crippen molar-refractivity contribution in [1.29, 1.82) is 0 Å². The highest BCUT2D eigenvalue weighted by Gasteiger charge is 2.25. The summed E-state index contributed by atoms with van der Waals surface area (Å²) >= 11 is 1.66. The Labute approximate surface area is 153 Å². The lowest BCUT2D eigenvalue weighted by atomic mass is 9.89. The first kappa shape index (κ1) is 16.7. The Morgan fingerprint density at radius 1 is 1.35 bits per heavy atom. The van der Waals surface area contributed by atoms with Crippen LogP contribution in [0.15, 0.2) is 24.5 Å². The number of aryl methyl sites for hydroxylation is 1. The van der Waals surface area contributed by atoms with E-state index in [1.165, 1.54) is 36.0 Å². The van der Waals surface area contributed by atoms with Crippen LogP contribution in [0.5, 0.6) is 17.4 Å². The molecule has 1 aromatic carbocycles. The van der Waals surface area contributed by atoms with Crippen LogP contribution in [0.25, 0.3) is 10.2 Å². The quantitative estimate of drug-likeness (QED) is 0.495.